The van der Waals surface area contributed by atoms with E-state index in [9.17, 15) is 23.2 Å². The number of hydrazine groups is 1. The van der Waals surface area contributed by atoms with Crippen molar-refractivity contribution in [2.45, 2.75) is 37.6 Å². The van der Waals surface area contributed by atoms with Crippen LogP contribution in [0.2, 0.25) is 5.02 Å². The first-order chi connectivity index (χ1) is 15.0. The van der Waals surface area contributed by atoms with Crippen LogP contribution in [0.3, 0.4) is 0 Å². The lowest BCUT2D eigenvalue weighted by Crippen LogP contribution is -2.66. The number of nitrogens with one attached hydrogen (secondary N) is 3. The van der Waals surface area contributed by atoms with Crippen LogP contribution in [0.1, 0.15) is 24.8 Å². The molecule has 3 rings (SSSR count). The second-order valence-electron chi connectivity index (χ2n) is 8.20. The minimum Gasteiger partial charge on any atom is -0.399 e. The molecule has 1 atom stereocenters. The van der Waals surface area contributed by atoms with Crippen LogP contribution in [0, 0.1) is 12.8 Å². The number of amides is 3. The second-order valence-corrected chi connectivity index (χ2v) is 8.61. The molecule has 0 aromatic heterocycles. The molecule has 32 heavy (non-hydrogen) atoms. The standard InChI is InChI=1S/C20H25ClF2N6O3/c1-11-2-3-13(6-14(11)21)27-16(30)12-4-5-29(8-12)18(32)17(31)28-19(15(24)7-26-25)9-20(22,23)10-19/h2-3,6-7,12,26H,4-5,8-10,24-25H2,1H3,(H,27,30)(H,28,31)/b15-7-. The molecule has 1 aliphatic heterocycles. The summed E-state index contributed by atoms with van der Waals surface area (Å²) in [6, 6.07) is 5.11. The minimum absolute atomic E-state index is 0.0243. The van der Waals surface area contributed by atoms with Crippen molar-refractivity contribution in [2.24, 2.45) is 17.5 Å². The van der Waals surface area contributed by atoms with Gasteiger partial charge in [0.1, 0.15) is 0 Å². The third-order valence-electron chi connectivity index (χ3n) is 5.74. The van der Waals surface area contributed by atoms with Gasteiger partial charge in [0.15, 0.2) is 0 Å². The normalized spacial score (nSPS) is 21.5. The van der Waals surface area contributed by atoms with Crippen molar-refractivity contribution in [1.29, 1.82) is 0 Å². The fraction of sp³-hybridized carbons (Fsp3) is 0.450. The van der Waals surface area contributed by atoms with E-state index in [4.69, 9.17) is 23.2 Å². The van der Waals surface area contributed by atoms with Gasteiger partial charge in [-0.2, -0.15) is 0 Å². The average molecular weight is 471 g/mol. The van der Waals surface area contributed by atoms with Crippen LogP contribution in [-0.2, 0) is 14.4 Å². The summed E-state index contributed by atoms with van der Waals surface area (Å²) >= 11 is 6.07. The molecule has 0 radical (unpaired) electrons. The number of aryl methyl sites for hydroxylation is 1. The van der Waals surface area contributed by atoms with E-state index in [1.807, 2.05) is 6.92 Å². The zero-order valence-corrected chi connectivity index (χ0v) is 18.1. The van der Waals surface area contributed by atoms with Gasteiger partial charge in [-0.1, -0.05) is 17.7 Å². The fourth-order valence-corrected chi connectivity index (χ4v) is 4.09. The van der Waals surface area contributed by atoms with Crippen LogP contribution in [0.4, 0.5) is 14.5 Å². The molecule has 1 unspecified atom stereocenters. The predicted molar refractivity (Wildman–Crippen MR) is 114 cm³/mol. The predicted octanol–water partition coefficient (Wildman–Crippen LogP) is 0.983. The topological polar surface area (TPSA) is 143 Å². The maximum absolute atomic E-state index is 13.5. The van der Waals surface area contributed by atoms with Crippen molar-refractivity contribution in [3.05, 3.63) is 40.7 Å². The molecule has 3 amide bonds. The number of carbonyl (C=O) groups excluding carboxylic acids is 3. The first-order valence-electron chi connectivity index (χ1n) is 9.95. The number of anilines is 1. The lowest BCUT2D eigenvalue weighted by molar-refractivity contribution is -0.153. The van der Waals surface area contributed by atoms with E-state index in [-0.39, 0.29) is 24.7 Å². The number of carbonyl (C=O) groups is 3. The van der Waals surface area contributed by atoms with Gasteiger partial charge < -0.3 is 26.7 Å². The number of likely N-dealkylation sites (tertiary alicyclic amines) is 1. The lowest BCUT2D eigenvalue weighted by atomic mass is 9.71. The van der Waals surface area contributed by atoms with Crippen LogP contribution in [0.5, 0.6) is 0 Å². The van der Waals surface area contributed by atoms with Crippen LogP contribution in [-0.4, -0.2) is 47.2 Å². The molecular formula is C20H25ClF2N6O3. The molecule has 1 heterocycles. The molecule has 0 bridgehead atoms. The SMILES string of the molecule is Cc1ccc(NC(=O)C2CCN(C(=O)C(=O)NC3(/C(N)=C/NN)CC(F)(F)C3)C2)cc1Cl. The van der Waals surface area contributed by atoms with Gasteiger partial charge in [0.25, 0.3) is 5.92 Å². The second kappa shape index (κ2) is 8.91. The monoisotopic (exact) mass is 470 g/mol. The molecule has 12 heteroatoms. The van der Waals surface area contributed by atoms with Crippen LogP contribution in [0.25, 0.3) is 0 Å². The molecule has 1 aromatic carbocycles. The number of halogens is 3. The van der Waals surface area contributed by atoms with E-state index in [2.05, 4.69) is 16.1 Å². The van der Waals surface area contributed by atoms with Crippen LogP contribution < -0.4 is 27.6 Å². The van der Waals surface area contributed by atoms with Gasteiger partial charge in [0, 0.05) is 42.8 Å². The zero-order valence-electron chi connectivity index (χ0n) is 17.4. The van der Waals surface area contributed by atoms with Crippen molar-refractivity contribution in [1.82, 2.24) is 15.6 Å². The summed E-state index contributed by atoms with van der Waals surface area (Å²) in [7, 11) is 0. The lowest BCUT2D eigenvalue weighted by Gasteiger charge is -2.47. The third-order valence-corrected chi connectivity index (χ3v) is 6.15. The van der Waals surface area contributed by atoms with Crippen molar-refractivity contribution < 1.29 is 23.2 Å². The van der Waals surface area contributed by atoms with Crippen molar-refractivity contribution >= 4 is 35.0 Å². The molecule has 9 nitrogen and oxygen atoms in total. The summed E-state index contributed by atoms with van der Waals surface area (Å²) < 4.78 is 27.0. The Balaban J connectivity index is 1.59. The van der Waals surface area contributed by atoms with Gasteiger partial charge in [0.05, 0.1) is 17.2 Å². The summed E-state index contributed by atoms with van der Waals surface area (Å²) in [5.41, 5.74) is 7.64. The number of hydrogen-bond acceptors (Lipinski definition) is 6. The highest BCUT2D eigenvalue weighted by atomic mass is 35.5. The Morgan fingerprint density at radius 3 is 2.56 bits per heavy atom. The van der Waals surface area contributed by atoms with Gasteiger partial charge in [-0.3, -0.25) is 20.2 Å². The Hall–Kier alpha value is -2.92. The minimum atomic E-state index is -3.01. The average Bonchev–Trinajstić information content (AvgIpc) is 3.19. The summed E-state index contributed by atoms with van der Waals surface area (Å²) in [6.07, 6.45) is -0.0410. The van der Waals surface area contributed by atoms with Crippen LogP contribution in [0.15, 0.2) is 30.1 Å². The molecule has 1 saturated carbocycles. The Bertz CT molecular complexity index is 963. The van der Waals surface area contributed by atoms with Gasteiger partial charge in [0.2, 0.25) is 5.91 Å². The molecule has 174 valence electrons. The van der Waals surface area contributed by atoms with E-state index in [0.717, 1.165) is 11.8 Å². The number of nitrogens with two attached hydrogens (primary N) is 2. The number of alkyl halides is 2. The van der Waals surface area contributed by atoms with E-state index < -0.39 is 42.0 Å². The number of nitrogens with zero attached hydrogens (tertiary/aromatic N) is 1. The summed E-state index contributed by atoms with van der Waals surface area (Å²) in [5.74, 6) is -0.685. The van der Waals surface area contributed by atoms with Gasteiger partial charge >= 0.3 is 11.8 Å². The Morgan fingerprint density at radius 2 is 1.97 bits per heavy atom. The Morgan fingerprint density at radius 1 is 1.28 bits per heavy atom. The molecule has 1 saturated heterocycles. The third kappa shape index (κ3) is 4.94. The molecule has 0 spiro atoms. The van der Waals surface area contributed by atoms with Crippen molar-refractivity contribution in [3.8, 4) is 0 Å². The maximum Gasteiger partial charge on any atom is 0.311 e. The number of rotatable bonds is 5. The Kier molecular flexibility index (Phi) is 6.61. The summed E-state index contributed by atoms with van der Waals surface area (Å²) in [6.45, 7) is 2.04. The summed E-state index contributed by atoms with van der Waals surface area (Å²) in [4.78, 5) is 38.9. The van der Waals surface area contributed by atoms with E-state index in [0.29, 0.717) is 17.1 Å². The van der Waals surface area contributed by atoms with Gasteiger partial charge in [-0.15, -0.1) is 0 Å². The highest BCUT2D eigenvalue weighted by molar-refractivity contribution is 6.35. The van der Waals surface area contributed by atoms with Crippen molar-refractivity contribution in [2.75, 3.05) is 18.4 Å². The summed E-state index contributed by atoms with van der Waals surface area (Å²) in [5, 5.41) is 5.59. The van der Waals surface area contributed by atoms with Gasteiger partial charge in [-0.25, -0.2) is 8.78 Å². The molecular weight excluding hydrogens is 446 g/mol. The Labute approximate surface area is 188 Å². The number of hydrogen-bond donors (Lipinski definition) is 5. The molecule has 2 fully saturated rings. The smallest absolute Gasteiger partial charge is 0.311 e. The molecule has 1 aromatic rings. The van der Waals surface area contributed by atoms with E-state index >= 15 is 0 Å². The molecule has 2 aliphatic rings. The van der Waals surface area contributed by atoms with E-state index in [1.165, 1.54) is 4.90 Å². The quantitative estimate of drug-likeness (QED) is 0.247. The highest BCUT2D eigenvalue weighted by Gasteiger charge is 2.59. The molecule has 7 N–H and O–H groups in total. The number of benzene rings is 1. The van der Waals surface area contributed by atoms with Crippen LogP contribution >= 0.6 is 11.6 Å². The van der Waals surface area contributed by atoms with E-state index in [1.54, 1.807) is 18.2 Å². The van der Waals surface area contributed by atoms with Crippen molar-refractivity contribution in [3.63, 3.8) is 0 Å². The zero-order chi connectivity index (χ0) is 23.7. The highest BCUT2D eigenvalue weighted by Crippen LogP contribution is 2.48. The maximum atomic E-state index is 13.5. The molecule has 1 aliphatic carbocycles. The van der Waals surface area contributed by atoms with Gasteiger partial charge in [-0.05, 0) is 31.0 Å². The first kappa shape index (κ1) is 23.7. The fourth-order valence-electron chi connectivity index (χ4n) is 3.91. The first-order valence-corrected chi connectivity index (χ1v) is 10.3. The largest absolute Gasteiger partial charge is 0.399 e.